The molecule has 1 aromatic carbocycles. The molecule has 0 unspecified atom stereocenters. The zero-order valence-corrected chi connectivity index (χ0v) is 11.3. The van der Waals surface area contributed by atoms with Crippen molar-refractivity contribution in [2.45, 2.75) is 46.1 Å². The van der Waals surface area contributed by atoms with Crippen molar-refractivity contribution in [2.75, 3.05) is 4.90 Å². The molecule has 0 atom stereocenters. The van der Waals surface area contributed by atoms with E-state index in [1.54, 1.807) is 11.8 Å². The van der Waals surface area contributed by atoms with Gasteiger partial charge in [0.1, 0.15) is 5.78 Å². The van der Waals surface area contributed by atoms with Crippen LogP contribution in [-0.4, -0.2) is 17.7 Å². The van der Waals surface area contributed by atoms with Crippen molar-refractivity contribution in [2.24, 2.45) is 0 Å². The van der Waals surface area contributed by atoms with Crippen LogP contribution in [-0.2, 0) is 9.59 Å². The molecule has 0 spiro atoms. The van der Waals surface area contributed by atoms with Gasteiger partial charge in [0.2, 0.25) is 5.91 Å². The summed E-state index contributed by atoms with van der Waals surface area (Å²) < 4.78 is 0. The highest BCUT2D eigenvalue weighted by Crippen LogP contribution is 2.18. The van der Waals surface area contributed by atoms with E-state index in [4.69, 9.17) is 0 Å². The topological polar surface area (TPSA) is 37.4 Å². The van der Waals surface area contributed by atoms with Crippen LogP contribution in [0.25, 0.3) is 0 Å². The van der Waals surface area contributed by atoms with Gasteiger partial charge in [-0.05, 0) is 39.3 Å². The van der Waals surface area contributed by atoms with Crippen LogP contribution in [0.1, 0.15) is 40.0 Å². The van der Waals surface area contributed by atoms with Gasteiger partial charge in [-0.25, -0.2) is 0 Å². The Kier molecular flexibility index (Phi) is 5.56. The van der Waals surface area contributed by atoms with Gasteiger partial charge < -0.3 is 9.69 Å². The molecular weight excluding hydrogens is 226 g/mol. The third-order valence-electron chi connectivity index (χ3n) is 2.74. The van der Waals surface area contributed by atoms with Crippen LogP contribution < -0.4 is 4.90 Å². The maximum atomic E-state index is 12.2. The molecule has 0 N–H and O–H groups in total. The summed E-state index contributed by atoms with van der Waals surface area (Å²) in [6.07, 6.45) is 1.53. The standard InChI is InChI=1S/C15H21NO2/c1-12(2)16(14-9-5-4-6-10-14)15(18)11-7-8-13(3)17/h4-6,9-10,12H,7-8,11H2,1-3H3. The van der Waals surface area contributed by atoms with Crippen molar-refractivity contribution in [3.05, 3.63) is 30.3 Å². The van der Waals surface area contributed by atoms with E-state index in [1.807, 2.05) is 44.2 Å². The minimum absolute atomic E-state index is 0.0810. The van der Waals surface area contributed by atoms with E-state index < -0.39 is 0 Å². The van der Waals surface area contributed by atoms with Crippen LogP contribution in [0.15, 0.2) is 30.3 Å². The molecule has 3 heteroatoms. The number of anilines is 1. The van der Waals surface area contributed by atoms with Gasteiger partial charge in [-0.15, -0.1) is 0 Å². The number of nitrogens with zero attached hydrogens (tertiary/aromatic N) is 1. The molecule has 98 valence electrons. The fourth-order valence-electron chi connectivity index (χ4n) is 1.93. The fourth-order valence-corrected chi connectivity index (χ4v) is 1.93. The molecule has 0 heterocycles. The Morgan fingerprint density at radius 1 is 1.11 bits per heavy atom. The largest absolute Gasteiger partial charge is 0.310 e. The van der Waals surface area contributed by atoms with E-state index in [0.29, 0.717) is 19.3 Å². The first-order chi connectivity index (χ1) is 8.52. The first-order valence-corrected chi connectivity index (χ1v) is 6.39. The molecule has 0 bridgehead atoms. The van der Waals surface area contributed by atoms with Crippen molar-refractivity contribution in [3.8, 4) is 0 Å². The average Bonchev–Trinajstić information content (AvgIpc) is 2.29. The number of benzene rings is 1. The van der Waals surface area contributed by atoms with Gasteiger partial charge in [0.15, 0.2) is 0 Å². The Balaban J connectivity index is 2.68. The molecule has 0 aliphatic heterocycles. The highest BCUT2D eigenvalue weighted by molar-refractivity contribution is 5.94. The fraction of sp³-hybridized carbons (Fsp3) is 0.467. The monoisotopic (exact) mass is 247 g/mol. The Morgan fingerprint density at radius 2 is 1.72 bits per heavy atom. The maximum Gasteiger partial charge on any atom is 0.227 e. The highest BCUT2D eigenvalue weighted by atomic mass is 16.2. The zero-order chi connectivity index (χ0) is 13.5. The van der Waals surface area contributed by atoms with Gasteiger partial charge in [0.25, 0.3) is 0 Å². The summed E-state index contributed by atoms with van der Waals surface area (Å²) in [6.45, 7) is 5.55. The molecule has 0 aromatic heterocycles. The number of amides is 1. The van der Waals surface area contributed by atoms with Crippen LogP contribution in [0.5, 0.6) is 0 Å². The zero-order valence-electron chi connectivity index (χ0n) is 11.3. The van der Waals surface area contributed by atoms with E-state index in [-0.39, 0.29) is 17.7 Å². The van der Waals surface area contributed by atoms with Crippen LogP contribution in [0.3, 0.4) is 0 Å². The highest BCUT2D eigenvalue weighted by Gasteiger charge is 2.18. The van der Waals surface area contributed by atoms with E-state index in [1.165, 1.54) is 0 Å². The Bertz CT molecular complexity index is 398. The number of ketones is 1. The molecule has 3 nitrogen and oxygen atoms in total. The summed E-state index contributed by atoms with van der Waals surface area (Å²) >= 11 is 0. The minimum atomic E-state index is 0.0810. The Hall–Kier alpha value is -1.64. The predicted molar refractivity (Wildman–Crippen MR) is 73.6 cm³/mol. The summed E-state index contributed by atoms with van der Waals surface area (Å²) in [4.78, 5) is 24.8. The predicted octanol–water partition coefficient (Wildman–Crippen LogP) is 3.19. The molecule has 18 heavy (non-hydrogen) atoms. The molecule has 0 fully saturated rings. The van der Waals surface area contributed by atoms with Crippen molar-refractivity contribution < 1.29 is 9.59 Å². The minimum Gasteiger partial charge on any atom is -0.310 e. The van der Waals surface area contributed by atoms with Gasteiger partial charge >= 0.3 is 0 Å². The SMILES string of the molecule is CC(=O)CCCC(=O)N(c1ccccc1)C(C)C. The summed E-state index contributed by atoms with van der Waals surface area (Å²) in [5.41, 5.74) is 0.917. The van der Waals surface area contributed by atoms with Gasteiger partial charge in [0.05, 0.1) is 0 Å². The average molecular weight is 247 g/mol. The van der Waals surface area contributed by atoms with Gasteiger partial charge in [-0.3, -0.25) is 4.79 Å². The lowest BCUT2D eigenvalue weighted by Crippen LogP contribution is -2.36. The number of hydrogen-bond acceptors (Lipinski definition) is 2. The number of Topliss-reactive ketones (excluding diaryl/α,β-unsaturated/α-hetero) is 1. The van der Waals surface area contributed by atoms with Crippen molar-refractivity contribution in [1.29, 1.82) is 0 Å². The second kappa shape index (κ2) is 6.94. The maximum absolute atomic E-state index is 12.2. The van der Waals surface area contributed by atoms with E-state index in [2.05, 4.69) is 0 Å². The third kappa shape index (κ3) is 4.32. The van der Waals surface area contributed by atoms with Gasteiger partial charge in [0, 0.05) is 24.6 Å². The number of hydrogen-bond donors (Lipinski definition) is 0. The molecule has 1 rings (SSSR count). The number of carbonyl (C=O) groups is 2. The molecule has 0 aliphatic rings. The number of rotatable bonds is 6. The third-order valence-corrected chi connectivity index (χ3v) is 2.74. The van der Waals surface area contributed by atoms with E-state index >= 15 is 0 Å². The Morgan fingerprint density at radius 3 is 2.22 bits per heavy atom. The normalized spacial score (nSPS) is 10.4. The lowest BCUT2D eigenvalue weighted by molar-refractivity contribution is -0.119. The van der Waals surface area contributed by atoms with E-state index in [9.17, 15) is 9.59 Å². The first kappa shape index (κ1) is 14.4. The summed E-state index contributed by atoms with van der Waals surface area (Å²) in [6, 6.07) is 9.77. The quantitative estimate of drug-likeness (QED) is 0.774. The molecule has 0 saturated carbocycles. The smallest absolute Gasteiger partial charge is 0.227 e. The molecule has 1 aromatic rings. The van der Waals surface area contributed by atoms with Crippen molar-refractivity contribution >= 4 is 17.4 Å². The van der Waals surface area contributed by atoms with Crippen molar-refractivity contribution in [3.63, 3.8) is 0 Å². The molecule has 0 aliphatic carbocycles. The lowest BCUT2D eigenvalue weighted by Gasteiger charge is -2.27. The number of para-hydroxylation sites is 1. The second-order valence-electron chi connectivity index (χ2n) is 4.75. The van der Waals surface area contributed by atoms with Crippen LogP contribution in [0.2, 0.25) is 0 Å². The first-order valence-electron chi connectivity index (χ1n) is 6.39. The van der Waals surface area contributed by atoms with Gasteiger partial charge in [-0.2, -0.15) is 0 Å². The van der Waals surface area contributed by atoms with Gasteiger partial charge in [-0.1, -0.05) is 18.2 Å². The summed E-state index contributed by atoms with van der Waals surface area (Å²) in [7, 11) is 0. The molecule has 0 saturated heterocycles. The second-order valence-corrected chi connectivity index (χ2v) is 4.75. The van der Waals surface area contributed by atoms with Crippen molar-refractivity contribution in [1.82, 2.24) is 0 Å². The molecule has 0 radical (unpaired) electrons. The van der Waals surface area contributed by atoms with Crippen LogP contribution in [0.4, 0.5) is 5.69 Å². The molecular formula is C15H21NO2. The van der Waals surface area contributed by atoms with Crippen LogP contribution in [0, 0.1) is 0 Å². The summed E-state index contributed by atoms with van der Waals surface area (Å²) in [5.74, 6) is 0.219. The Labute approximate surface area is 109 Å². The summed E-state index contributed by atoms with van der Waals surface area (Å²) in [5, 5.41) is 0. The van der Waals surface area contributed by atoms with Crippen LogP contribution >= 0.6 is 0 Å². The lowest BCUT2D eigenvalue weighted by atomic mass is 10.1. The number of carbonyl (C=O) groups excluding carboxylic acids is 2. The van der Waals surface area contributed by atoms with E-state index in [0.717, 1.165) is 5.69 Å². The molecule has 1 amide bonds.